The van der Waals surface area contributed by atoms with Crippen LogP contribution in [0.5, 0.6) is 11.5 Å². The van der Waals surface area contributed by atoms with Gasteiger partial charge in [0.2, 0.25) is 0 Å². The van der Waals surface area contributed by atoms with Crippen LogP contribution >= 0.6 is 11.8 Å². The molecule has 1 saturated heterocycles. The number of hydrogen-bond donors (Lipinski definition) is 2. The highest BCUT2D eigenvalue weighted by atomic mass is 32.2. The van der Waals surface area contributed by atoms with E-state index in [1.54, 1.807) is 37.1 Å². The highest BCUT2D eigenvalue weighted by Gasteiger charge is 2.41. The monoisotopic (exact) mass is 339 g/mol. The summed E-state index contributed by atoms with van der Waals surface area (Å²) in [7, 11) is 1.59. The van der Waals surface area contributed by atoms with Crippen molar-refractivity contribution in [3.05, 3.63) is 23.8 Å². The number of ether oxygens (including phenoxy) is 2. The van der Waals surface area contributed by atoms with Crippen molar-refractivity contribution in [3.8, 4) is 11.5 Å². The number of carbonyl (C=O) groups is 2. The maximum absolute atomic E-state index is 12.1. The fraction of sp³-hybridized carbons (Fsp3) is 0.500. The summed E-state index contributed by atoms with van der Waals surface area (Å²) in [5.74, 6) is 1.34. The Morgan fingerprint density at radius 1 is 1.35 bits per heavy atom. The second kappa shape index (κ2) is 7.59. The van der Waals surface area contributed by atoms with Crippen molar-refractivity contribution in [1.82, 2.24) is 5.32 Å². The molecule has 0 aromatic heterocycles. The first-order valence-electron chi connectivity index (χ1n) is 7.36. The number of methoxy groups -OCH3 is 1. The third-order valence-electron chi connectivity index (χ3n) is 3.87. The predicted octanol–water partition coefficient (Wildman–Crippen LogP) is 1.85. The third kappa shape index (κ3) is 4.31. The number of carboxylic acids is 1. The van der Waals surface area contributed by atoms with E-state index in [4.69, 9.17) is 9.47 Å². The topological polar surface area (TPSA) is 84.9 Å². The summed E-state index contributed by atoms with van der Waals surface area (Å²) in [4.78, 5) is 23.6. The normalized spacial score (nSPS) is 16.4. The van der Waals surface area contributed by atoms with Crippen molar-refractivity contribution in [1.29, 1.82) is 0 Å². The van der Waals surface area contributed by atoms with Crippen molar-refractivity contribution in [2.45, 2.75) is 25.3 Å². The molecule has 1 aromatic carbocycles. The van der Waals surface area contributed by atoms with Crippen LogP contribution in [-0.4, -0.2) is 47.7 Å². The number of rotatable bonds is 6. The fourth-order valence-corrected chi connectivity index (χ4v) is 3.69. The van der Waals surface area contributed by atoms with Crippen LogP contribution in [0.3, 0.4) is 0 Å². The maximum Gasteiger partial charge on any atom is 0.329 e. The highest BCUT2D eigenvalue weighted by Crippen LogP contribution is 2.27. The number of carboxylic acid groups (broad SMARTS) is 1. The quantitative estimate of drug-likeness (QED) is 0.823. The second-order valence-corrected chi connectivity index (χ2v) is 6.69. The van der Waals surface area contributed by atoms with Gasteiger partial charge in [0.25, 0.3) is 5.91 Å². The molecule has 2 N–H and O–H groups in total. The van der Waals surface area contributed by atoms with Crippen LogP contribution in [0.2, 0.25) is 0 Å². The van der Waals surface area contributed by atoms with Crippen molar-refractivity contribution < 1.29 is 24.2 Å². The van der Waals surface area contributed by atoms with Gasteiger partial charge in [0.1, 0.15) is 17.0 Å². The van der Waals surface area contributed by atoms with E-state index in [1.165, 1.54) is 0 Å². The Morgan fingerprint density at radius 3 is 2.61 bits per heavy atom. The van der Waals surface area contributed by atoms with Gasteiger partial charge in [-0.25, -0.2) is 4.79 Å². The van der Waals surface area contributed by atoms with Crippen LogP contribution in [0.1, 0.15) is 18.4 Å². The Bertz CT molecular complexity index is 584. The summed E-state index contributed by atoms with van der Waals surface area (Å²) >= 11 is 1.70. The molecule has 1 aromatic rings. The summed E-state index contributed by atoms with van der Waals surface area (Å²) < 4.78 is 10.6. The largest absolute Gasteiger partial charge is 0.496 e. The van der Waals surface area contributed by atoms with Gasteiger partial charge in [-0.1, -0.05) is 0 Å². The minimum absolute atomic E-state index is 0.214. The summed E-state index contributed by atoms with van der Waals surface area (Å²) in [6, 6.07) is 5.25. The third-order valence-corrected chi connectivity index (χ3v) is 4.86. The number of aliphatic carboxylic acids is 1. The van der Waals surface area contributed by atoms with E-state index in [0.29, 0.717) is 18.6 Å². The molecule has 1 aliphatic rings. The molecule has 1 aliphatic heterocycles. The van der Waals surface area contributed by atoms with E-state index >= 15 is 0 Å². The number of amides is 1. The van der Waals surface area contributed by atoms with E-state index in [0.717, 1.165) is 22.8 Å². The van der Waals surface area contributed by atoms with Crippen LogP contribution in [0.4, 0.5) is 0 Å². The van der Waals surface area contributed by atoms with Gasteiger partial charge >= 0.3 is 5.97 Å². The lowest BCUT2D eigenvalue weighted by atomic mass is 9.92. The molecule has 7 heteroatoms. The van der Waals surface area contributed by atoms with Crippen LogP contribution in [0.25, 0.3) is 0 Å². The average Bonchev–Trinajstić information content (AvgIpc) is 2.54. The lowest BCUT2D eigenvalue weighted by Crippen LogP contribution is -2.57. The molecule has 6 nitrogen and oxygen atoms in total. The van der Waals surface area contributed by atoms with Crippen LogP contribution < -0.4 is 14.8 Å². The van der Waals surface area contributed by atoms with Crippen molar-refractivity contribution in [2.75, 3.05) is 25.2 Å². The van der Waals surface area contributed by atoms with Crippen LogP contribution in [0.15, 0.2) is 18.2 Å². The van der Waals surface area contributed by atoms with E-state index in [9.17, 15) is 14.7 Å². The molecule has 0 aliphatic carbocycles. The number of nitrogens with one attached hydrogen (secondary N) is 1. The van der Waals surface area contributed by atoms with Gasteiger partial charge in [-0.2, -0.15) is 11.8 Å². The minimum atomic E-state index is -1.17. The smallest absolute Gasteiger partial charge is 0.329 e. The molecule has 1 amide bonds. The Hall–Kier alpha value is -1.89. The number of aryl methyl sites for hydroxylation is 1. The van der Waals surface area contributed by atoms with Gasteiger partial charge in [0, 0.05) is 0 Å². The van der Waals surface area contributed by atoms with Gasteiger partial charge in [-0.15, -0.1) is 0 Å². The van der Waals surface area contributed by atoms with Crippen LogP contribution in [-0.2, 0) is 9.59 Å². The number of hydrogen-bond acceptors (Lipinski definition) is 5. The zero-order valence-corrected chi connectivity index (χ0v) is 14.1. The number of thioether (sulfide) groups is 1. The molecule has 23 heavy (non-hydrogen) atoms. The molecule has 0 spiro atoms. The molecule has 0 saturated carbocycles. The summed E-state index contributed by atoms with van der Waals surface area (Å²) in [6.45, 7) is 1.67. The summed E-state index contributed by atoms with van der Waals surface area (Å²) in [5, 5.41) is 12.1. The molecule has 0 unspecified atom stereocenters. The second-order valence-electron chi connectivity index (χ2n) is 5.47. The highest BCUT2D eigenvalue weighted by molar-refractivity contribution is 7.99. The van der Waals surface area contributed by atoms with E-state index in [2.05, 4.69) is 5.32 Å². The molecule has 0 radical (unpaired) electrons. The molecule has 0 bridgehead atoms. The fourth-order valence-electron chi connectivity index (χ4n) is 2.50. The van der Waals surface area contributed by atoms with Crippen molar-refractivity contribution >= 4 is 23.6 Å². The first kappa shape index (κ1) is 17.5. The Morgan fingerprint density at radius 2 is 2.04 bits per heavy atom. The number of benzene rings is 1. The SMILES string of the molecule is COc1ccc(OCC(=O)NC2(C(=O)O)CCSCC2)cc1C. The average molecular weight is 339 g/mol. The number of carbonyl (C=O) groups excluding carboxylic acids is 1. The molecule has 0 atom stereocenters. The first-order valence-corrected chi connectivity index (χ1v) is 8.52. The van der Waals surface area contributed by atoms with E-state index in [1.807, 2.05) is 6.92 Å². The van der Waals surface area contributed by atoms with Gasteiger partial charge < -0.3 is 19.9 Å². The van der Waals surface area contributed by atoms with Gasteiger partial charge in [0.05, 0.1) is 7.11 Å². The summed E-state index contributed by atoms with van der Waals surface area (Å²) in [6.07, 6.45) is 0.862. The zero-order valence-electron chi connectivity index (χ0n) is 13.3. The molecule has 126 valence electrons. The lowest BCUT2D eigenvalue weighted by molar-refractivity contribution is -0.148. The standard InChI is InChI=1S/C16H21NO5S/c1-11-9-12(3-4-13(11)21-2)22-10-14(18)17-16(15(19)20)5-7-23-8-6-16/h3-4,9H,5-8,10H2,1-2H3,(H,17,18)(H,19,20). The predicted molar refractivity (Wildman–Crippen MR) is 88.3 cm³/mol. The lowest BCUT2D eigenvalue weighted by Gasteiger charge is -2.33. The maximum atomic E-state index is 12.1. The van der Waals surface area contributed by atoms with Gasteiger partial charge in [-0.3, -0.25) is 4.79 Å². The van der Waals surface area contributed by atoms with Crippen molar-refractivity contribution in [3.63, 3.8) is 0 Å². The molecule has 1 heterocycles. The molecular formula is C16H21NO5S. The molecule has 1 fully saturated rings. The molecule has 2 rings (SSSR count). The summed E-state index contributed by atoms with van der Waals surface area (Å²) in [5.41, 5.74) is -0.265. The zero-order chi connectivity index (χ0) is 16.9. The Balaban J connectivity index is 1.94. The van der Waals surface area contributed by atoms with E-state index in [-0.39, 0.29) is 6.61 Å². The van der Waals surface area contributed by atoms with Crippen LogP contribution in [0, 0.1) is 6.92 Å². The Labute approximate surface area is 139 Å². The first-order chi connectivity index (χ1) is 11.0. The van der Waals surface area contributed by atoms with Gasteiger partial charge in [-0.05, 0) is 55.0 Å². The van der Waals surface area contributed by atoms with Gasteiger partial charge in [0.15, 0.2) is 6.61 Å². The van der Waals surface area contributed by atoms with E-state index < -0.39 is 17.4 Å². The Kier molecular flexibility index (Phi) is 5.76. The molecular weight excluding hydrogens is 318 g/mol. The minimum Gasteiger partial charge on any atom is -0.496 e. The van der Waals surface area contributed by atoms with Crippen molar-refractivity contribution in [2.24, 2.45) is 0 Å².